The van der Waals surface area contributed by atoms with Gasteiger partial charge in [-0.05, 0) is 49.8 Å². The lowest BCUT2D eigenvalue weighted by atomic mass is 10.00. The molecule has 0 bridgehead atoms. The maximum absolute atomic E-state index is 13.0. The first kappa shape index (κ1) is 14.9. The molecule has 5 heteroatoms. The van der Waals surface area contributed by atoms with E-state index in [1.165, 1.54) is 0 Å². The lowest BCUT2D eigenvalue weighted by Crippen LogP contribution is -2.36. The zero-order valence-electron chi connectivity index (χ0n) is 12.9. The van der Waals surface area contributed by atoms with Gasteiger partial charge < -0.3 is 5.32 Å². The number of fused-ring (bicyclic) bond motifs is 1. The predicted octanol–water partition coefficient (Wildman–Crippen LogP) is 2.92. The zero-order chi connectivity index (χ0) is 15.0. The molecule has 2 aliphatic rings. The van der Waals surface area contributed by atoms with Crippen molar-refractivity contribution in [3.05, 3.63) is 23.3 Å². The highest BCUT2D eigenvalue weighted by Crippen LogP contribution is 2.34. The standard InChI is InChI=1S/C16H24N2O2S/c1-12-9-10-15(14-8-5-11-17-16(12)14)21(19,20)18(2)13-6-3-4-7-13/h9-10,13,17H,3-8,11H2,1-2H3. The van der Waals surface area contributed by atoms with Gasteiger partial charge in [0.15, 0.2) is 0 Å². The fraction of sp³-hybridized carbons (Fsp3) is 0.625. The van der Waals surface area contributed by atoms with Gasteiger partial charge in [-0.3, -0.25) is 0 Å². The second kappa shape index (κ2) is 5.61. The molecular weight excluding hydrogens is 284 g/mol. The first-order valence-corrected chi connectivity index (χ1v) is 9.30. The molecule has 0 saturated heterocycles. The molecule has 4 nitrogen and oxygen atoms in total. The van der Waals surface area contributed by atoms with Crippen molar-refractivity contribution in [3.8, 4) is 0 Å². The number of hydrogen-bond acceptors (Lipinski definition) is 3. The smallest absolute Gasteiger partial charge is 0.243 e. The van der Waals surface area contributed by atoms with Crippen LogP contribution in [0.15, 0.2) is 17.0 Å². The fourth-order valence-electron chi connectivity index (χ4n) is 3.58. The third-order valence-electron chi connectivity index (χ3n) is 4.88. The average molecular weight is 308 g/mol. The summed E-state index contributed by atoms with van der Waals surface area (Å²) in [6, 6.07) is 3.89. The molecule has 1 saturated carbocycles. The topological polar surface area (TPSA) is 49.4 Å². The Bertz CT molecular complexity index is 634. The van der Waals surface area contributed by atoms with E-state index in [0.29, 0.717) is 4.90 Å². The number of rotatable bonds is 3. The fourth-order valence-corrected chi connectivity index (χ4v) is 5.25. The molecule has 0 spiro atoms. The summed E-state index contributed by atoms with van der Waals surface area (Å²) in [6.45, 7) is 2.96. The summed E-state index contributed by atoms with van der Waals surface area (Å²) in [6.07, 6.45) is 6.09. The Balaban J connectivity index is 2.03. The van der Waals surface area contributed by atoms with Gasteiger partial charge >= 0.3 is 0 Å². The van der Waals surface area contributed by atoms with Crippen molar-refractivity contribution in [2.75, 3.05) is 18.9 Å². The molecule has 3 rings (SSSR count). The molecule has 1 fully saturated rings. The molecule has 0 amide bonds. The van der Waals surface area contributed by atoms with Crippen LogP contribution in [0, 0.1) is 6.92 Å². The Morgan fingerprint density at radius 1 is 1.19 bits per heavy atom. The zero-order valence-corrected chi connectivity index (χ0v) is 13.7. The summed E-state index contributed by atoms with van der Waals surface area (Å²) in [5.41, 5.74) is 3.14. The van der Waals surface area contributed by atoms with Gasteiger partial charge in [0.25, 0.3) is 0 Å². The van der Waals surface area contributed by atoms with E-state index < -0.39 is 10.0 Å². The van der Waals surface area contributed by atoms with Crippen molar-refractivity contribution in [2.45, 2.75) is 56.4 Å². The first-order chi connectivity index (χ1) is 10.0. The van der Waals surface area contributed by atoms with E-state index >= 15 is 0 Å². The average Bonchev–Trinajstić information content (AvgIpc) is 3.01. The monoisotopic (exact) mass is 308 g/mol. The third kappa shape index (κ3) is 2.57. The molecule has 1 N–H and O–H groups in total. The van der Waals surface area contributed by atoms with Crippen molar-refractivity contribution < 1.29 is 8.42 Å². The molecule has 0 unspecified atom stereocenters. The molecule has 0 atom stereocenters. The van der Waals surface area contributed by atoms with E-state index in [1.807, 2.05) is 13.0 Å². The van der Waals surface area contributed by atoms with Gasteiger partial charge in [-0.15, -0.1) is 0 Å². The lowest BCUT2D eigenvalue weighted by molar-refractivity contribution is 0.372. The summed E-state index contributed by atoms with van der Waals surface area (Å²) < 4.78 is 27.6. The van der Waals surface area contributed by atoms with E-state index in [9.17, 15) is 8.42 Å². The second-order valence-electron chi connectivity index (χ2n) is 6.22. The van der Waals surface area contributed by atoms with Crippen molar-refractivity contribution >= 4 is 15.7 Å². The SMILES string of the molecule is Cc1ccc(S(=O)(=O)N(C)C2CCCC2)c2c1NCCC2. The van der Waals surface area contributed by atoms with Crippen LogP contribution in [-0.4, -0.2) is 32.4 Å². The van der Waals surface area contributed by atoms with E-state index in [1.54, 1.807) is 17.4 Å². The van der Waals surface area contributed by atoms with Crippen LogP contribution in [0.2, 0.25) is 0 Å². The Kier molecular flexibility index (Phi) is 3.97. The van der Waals surface area contributed by atoms with Crippen LogP contribution in [0.4, 0.5) is 5.69 Å². The van der Waals surface area contributed by atoms with Crippen LogP contribution in [0.25, 0.3) is 0 Å². The lowest BCUT2D eigenvalue weighted by Gasteiger charge is -2.28. The predicted molar refractivity (Wildman–Crippen MR) is 85.2 cm³/mol. The maximum Gasteiger partial charge on any atom is 0.243 e. The summed E-state index contributed by atoms with van der Waals surface area (Å²) in [4.78, 5) is 0.504. The van der Waals surface area contributed by atoms with E-state index in [2.05, 4.69) is 5.32 Å². The van der Waals surface area contributed by atoms with Crippen LogP contribution < -0.4 is 5.32 Å². The summed E-state index contributed by atoms with van der Waals surface area (Å²) in [7, 11) is -1.64. The third-order valence-corrected chi connectivity index (χ3v) is 6.87. The van der Waals surface area contributed by atoms with Crippen LogP contribution in [0.3, 0.4) is 0 Å². The quantitative estimate of drug-likeness (QED) is 0.934. The minimum Gasteiger partial charge on any atom is -0.385 e. The Morgan fingerprint density at radius 2 is 1.90 bits per heavy atom. The highest BCUT2D eigenvalue weighted by atomic mass is 32.2. The molecular formula is C16H24N2O2S. The van der Waals surface area contributed by atoms with Gasteiger partial charge in [-0.25, -0.2) is 8.42 Å². The van der Waals surface area contributed by atoms with Crippen LogP contribution in [0.1, 0.15) is 43.2 Å². The van der Waals surface area contributed by atoms with Crippen molar-refractivity contribution in [3.63, 3.8) is 0 Å². The number of nitrogens with one attached hydrogen (secondary N) is 1. The summed E-state index contributed by atoms with van der Waals surface area (Å²) >= 11 is 0. The molecule has 1 heterocycles. The van der Waals surface area contributed by atoms with Crippen LogP contribution in [0.5, 0.6) is 0 Å². The van der Waals surface area contributed by atoms with Crippen molar-refractivity contribution in [2.24, 2.45) is 0 Å². The van der Waals surface area contributed by atoms with Crippen molar-refractivity contribution in [1.82, 2.24) is 4.31 Å². The van der Waals surface area contributed by atoms with Gasteiger partial charge in [0.1, 0.15) is 0 Å². The van der Waals surface area contributed by atoms with Gasteiger partial charge in [0.05, 0.1) is 4.90 Å². The van der Waals surface area contributed by atoms with Gasteiger partial charge in [0, 0.05) is 25.3 Å². The minimum absolute atomic E-state index is 0.170. The molecule has 116 valence electrons. The molecule has 0 aromatic heterocycles. The van der Waals surface area contributed by atoms with Gasteiger partial charge in [-0.1, -0.05) is 18.9 Å². The molecule has 1 aromatic rings. The number of nitrogens with zero attached hydrogens (tertiary/aromatic N) is 1. The van der Waals surface area contributed by atoms with Gasteiger partial charge in [0.2, 0.25) is 10.0 Å². The molecule has 1 aliphatic carbocycles. The van der Waals surface area contributed by atoms with Gasteiger partial charge in [-0.2, -0.15) is 4.31 Å². The maximum atomic E-state index is 13.0. The van der Waals surface area contributed by atoms with Crippen LogP contribution >= 0.6 is 0 Å². The highest BCUT2D eigenvalue weighted by molar-refractivity contribution is 7.89. The molecule has 1 aromatic carbocycles. The number of sulfonamides is 1. The number of aryl methyl sites for hydroxylation is 1. The molecule has 0 radical (unpaired) electrons. The first-order valence-electron chi connectivity index (χ1n) is 7.86. The number of anilines is 1. The van der Waals surface area contributed by atoms with E-state index in [0.717, 1.165) is 61.9 Å². The largest absolute Gasteiger partial charge is 0.385 e. The molecule has 21 heavy (non-hydrogen) atoms. The van der Waals surface area contributed by atoms with Crippen molar-refractivity contribution in [1.29, 1.82) is 0 Å². The highest BCUT2D eigenvalue weighted by Gasteiger charge is 2.32. The Morgan fingerprint density at radius 3 is 2.62 bits per heavy atom. The second-order valence-corrected chi connectivity index (χ2v) is 8.19. The van der Waals surface area contributed by atoms with Crippen LogP contribution in [-0.2, 0) is 16.4 Å². The number of benzene rings is 1. The summed E-state index contributed by atoms with van der Waals surface area (Å²) in [5.74, 6) is 0. The molecule has 1 aliphatic heterocycles. The Labute approximate surface area is 127 Å². The number of hydrogen-bond donors (Lipinski definition) is 1. The normalized spacial score (nSPS) is 19.6. The van der Waals surface area contributed by atoms with E-state index in [-0.39, 0.29) is 6.04 Å². The summed E-state index contributed by atoms with van der Waals surface area (Å²) in [5, 5.41) is 3.37. The minimum atomic E-state index is -3.39. The Hall–Kier alpha value is -1.07. The van der Waals surface area contributed by atoms with E-state index in [4.69, 9.17) is 0 Å².